The first-order valence-electron chi connectivity index (χ1n) is 6.59. The highest BCUT2D eigenvalue weighted by Gasteiger charge is 2.20. The van der Waals surface area contributed by atoms with Crippen molar-refractivity contribution >= 4 is 10.8 Å². The maximum Gasteiger partial charge on any atom is 0.231 e. The maximum atomic E-state index is 12.1. The smallest absolute Gasteiger partial charge is 0.231 e. The van der Waals surface area contributed by atoms with E-state index in [1.807, 2.05) is 6.92 Å². The summed E-state index contributed by atoms with van der Waals surface area (Å²) in [5.74, 6) is 2.90. The van der Waals surface area contributed by atoms with E-state index < -0.39 is 10.8 Å². The van der Waals surface area contributed by atoms with Crippen LogP contribution in [0.15, 0.2) is 4.42 Å². The van der Waals surface area contributed by atoms with E-state index in [2.05, 4.69) is 37.9 Å². The van der Waals surface area contributed by atoms with Crippen LogP contribution in [0.4, 0.5) is 0 Å². The fraction of sp³-hybridized carbons (Fsp3) is 0.846. The molecule has 0 amide bonds. The van der Waals surface area contributed by atoms with Crippen LogP contribution >= 0.6 is 0 Å². The predicted molar refractivity (Wildman–Crippen MR) is 73.7 cm³/mol. The normalized spacial score (nSPS) is 15.3. The van der Waals surface area contributed by atoms with E-state index in [1.165, 1.54) is 0 Å². The lowest BCUT2D eigenvalue weighted by molar-refractivity contribution is 0.425. The second kappa shape index (κ2) is 7.02. The van der Waals surface area contributed by atoms with Crippen LogP contribution in [0.3, 0.4) is 0 Å². The van der Waals surface area contributed by atoms with Crippen LogP contribution in [0.25, 0.3) is 0 Å². The van der Waals surface area contributed by atoms with E-state index in [0.29, 0.717) is 29.4 Å². The molecule has 0 saturated heterocycles. The van der Waals surface area contributed by atoms with Gasteiger partial charge in [-0.05, 0) is 25.2 Å². The third-order valence-corrected chi connectivity index (χ3v) is 4.33. The van der Waals surface area contributed by atoms with Gasteiger partial charge in [0.15, 0.2) is 0 Å². The van der Waals surface area contributed by atoms with Gasteiger partial charge in [-0.1, -0.05) is 27.7 Å². The third kappa shape index (κ3) is 4.88. The van der Waals surface area contributed by atoms with Gasteiger partial charge in [-0.2, -0.15) is 0 Å². The van der Waals surface area contributed by atoms with Crippen LogP contribution < -0.4 is 0 Å². The molecule has 0 unspecified atom stereocenters. The van der Waals surface area contributed by atoms with Gasteiger partial charge in [0.05, 0.1) is 0 Å². The van der Waals surface area contributed by atoms with Crippen LogP contribution in [-0.2, 0) is 17.2 Å². The molecule has 0 radical (unpaired) electrons. The minimum absolute atomic E-state index is 0.169. The third-order valence-electron chi connectivity index (χ3n) is 2.70. The number of hydrogen-bond acceptors (Lipinski definition) is 4. The van der Waals surface area contributed by atoms with Gasteiger partial charge in [-0.3, -0.25) is 4.21 Å². The van der Waals surface area contributed by atoms with Crippen LogP contribution in [-0.4, -0.2) is 20.2 Å². The largest absolute Gasteiger partial charge is 0.424 e. The molecular weight excluding hydrogens is 248 g/mol. The van der Waals surface area contributed by atoms with Crippen molar-refractivity contribution in [1.29, 1.82) is 0 Å². The summed E-state index contributed by atoms with van der Waals surface area (Å²) in [6.45, 7) is 10.4. The molecule has 4 nitrogen and oxygen atoms in total. The van der Waals surface area contributed by atoms with Crippen molar-refractivity contribution < 1.29 is 8.63 Å². The minimum Gasteiger partial charge on any atom is -0.424 e. The van der Waals surface area contributed by atoms with E-state index in [0.717, 1.165) is 12.8 Å². The van der Waals surface area contributed by atoms with Gasteiger partial charge in [0, 0.05) is 23.0 Å². The van der Waals surface area contributed by atoms with E-state index in [9.17, 15) is 4.21 Å². The van der Waals surface area contributed by atoms with Gasteiger partial charge in [-0.15, -0.1) is 10.2 Å². The molecule has 1 heterocycles. The van der Waals surface area contributed by atoms with Gasteiger partial charge < -0.3 is 4.42 Å². The maximum absolute atomic E-state index is 12.1. The first kappa shape index (κ1) is 15.3. The molecule has 0 fully saturated rings. The first-order chi connectivity index (χ1) is 8.40. The van der Waals surface area contributed by atoms with Crippen LogP contribution in [0, 0.1) is 11.8 Å². The molecule has 1 rings (SSSR count). The van der Waals surface area contributed by atoms with Crippen molar-refractivity contribution in [2.75, 3.05) is 5.75 Å². The Morgan fingerprint density at radius 1 is 1.11 bits per heavy atom. The summed E-state index contributed by atoms with van der Waals surface area (Å²) in [5, 5.41) is 7.84. The topological polar surface area (TPSA) is 56.0 Å². The van der Waals surface area contributed by atoms with E-state index in [1.54, 1.807) is 0 Å². The zero-order valence-electron chi connectivity index (χ0n) is 12.0. The van der Waals surface area contributed by atoms with Gasteiger partial charge >= 0.3 is 0 Å². The van der Waals surface area contributed by atoms with Crippen molar-refractivity contribution in [3.8, 4) is 0 Å². The zero-order chi connectivity index (χ0) is 13.7. The first-order valence-corrected chi connectivity index (χ1v) is 7.97. The monoisotopic (exact) mass is 272 g/mol. The molecule has 5 heteroatoms. The Labute approximate surface area is 112 Å². The molecule has 0 N–H and O–H groups in total. The highest BCUT2D eigenvalue weighted by Crippen LogP contribution is 2.20. The van der Waals surface area contributed by atoms with Gasteiger partial charge in [-0.25, -0.2) is 0 Å². The minimum atomic E-state index is -0.932. The molecule has 0 bridgehead atoms. The van der Waals surface area contributed by atoms with Crippen molar-refractivity contribution in [2.24, 2.45) is 11.8 Å². The van der Waals surface area contributed by atoms with Crippen molar-refractivity contribution in [2.45, 2.75) is 52.7 Å². The fourth-order valence-corrected chi connectivity index (χ4v) is 2.88. The Morgan fingerprint density at radius 3 is 2.33 bits per heavy atom. The molecule has 0 spiro atoms. The van der Waals surface area contributed by atoms with Gasteiger partial charge in [0.1, 0.15) is 5.25 Å². The fourth-order valence-electron chi connectivity index (χ4n) is 1.50. The van der Waals surface area contributed by atoms with Gasteiger partial charge in [0.25, 0.3) is 0 Å². The molecule has 18 heavy (non-hydrogen) atoms. The summed E-state index contributed by atoms with van der Waals surface area (Å²) in [7, 11) is -0.932. The lowest BCUT2D eigenvalue weighted by atomic mass is 10.1. The average Bonchev–Trinajstić information content (AvgIpc) is 2.72. The Kier molecular flexibility index (Phi) is 5.99. The molecule has 0 aliphatic rings. The highest BCUT2D eigenvalue weighted by atomic mass is 32.2. The number of aromatic nitrogens is 2. The van der Waals surface area contributed by atoms with Crippen LogP contribution in [0.2, 0.25) is 0 Å². The summed E-state index contributed by atoms with van der Waals surface area (Å²) in [4.78, 5) is 0. The molecule has 1 aromatic heterocycles. The molecular formula is C13H24N2O2S. The summed E-state index contributed by atoms with van der Waals surface area (Å²) in [6.07, 6.45) is 1.74. The van der Waals surface area contributed by atoms with Crippen molar-refractivity contribution in [3.05, 3.63) is 11.8 Å². The van der Waals surface area contributed by atoms with E-state index >= 15 is 0 Å². The standard InChI is InChI=1S/C13H24N2O2S/c1-9(2)6-7-18(16)11(5)13-15-14-12(17-13)8-10(3)4/h9-11H,6-8H2,1-5H3/t11-,18-/m0/s1. The molecule has 1 aromatic rings. The molecule has 0 aromatic carbocycles. The summed E-state index contributed by atoms with van der Waals surface area (Å²) in [6, 6.07) is 0. The average molecular weight is 272 g/mol. The quantitative estimate of drug-likeness (QED) is 0.765. The Hall–Kier alpha value is -0.710. The molecule has 2 atom stereocenters. The molecule has 0 aliphatic carbocycles. The summed E-state index contributed by atoms with van der Waals surface area (Å²) >= 11 is 0. The number of nitrogens with zero attached hydrogens (tertiary/aromatic N) is 2. The molecule has 0 saturated carbocycles. The molecule has 0 aliphatic heterocycles. The lowest BCUT2D eigenvalue weighted by Crippen LogP contribution is -2.09. The van der Waals surface area contributed by atoms with Crippen molar-refractivity contribution in [3.63, 3.8) is 0 Å². The number of rotatable bonds is 7. The van der Waals surface area contributed by atoms with Crippen molar-refractivity contribution in [1.82, 2.24) is 10.2 Å². The van der Waals surface area contributed by atoms with E-state index in [-0.39, 0.29) is 5.25 Å². The Morgan fingerprint density at radius 2 is 1.78 bits per heavy atom. The SMILES string of the molecule is CC(C)CC[S@](=O)[C@@H](C)c1nnc(CC(C)C)o1. The second-order valence-corrected chi connectivity index (χ2v) is 7.42. The summed E-state index contributed by atoms with van der Waals surface area (Å²) in [5.41, 5.74) is 0. The predicted octanol–water partition coefficient (Wildman–Crippen LogP) is 3.12. The van der Waals surface area contributed by atoms with Gasteiger partial charge in [0.2, 0.25) is 11.8 Å². The lowest BCUT2D eigenvalue weighted by Gasteiger charge is -2.08. The second-order valence-electron chi connectivity index (χ2n) is 5.54. The van der Waals surface area contributed by atoms with Crippen LogP contribution in [0.5, 0.6) is 0 Å². The summed E-state index contributed by atoms with van der Waals surface area (Å²) < 4.78 is 17.6. The zero-order valence-corrected chi connectivity index (χ0v) is 12.8. The number of hydrogen-bond donors (Lipinski definition) is 0. The highest BCUT2D eigenvalue weighted by molar-refractivity contribution is 7.85. The molecule has 104 valence electrons. The van der Waals surface area contributed by atoms with E-state index in [4.69, 9.17) is 4.42 Å². The van der Waals surface area contributed by atoms with Crippen LogP contribution in [0.1, 0.15) is 58.1 Å². The Balaban J connectivity index is 2.57. The Bertz CT molecular complexity index is 388.